The first-order valence-corrected chi connectivity index (χ1v) is 5.90. The first-order chi connectivity index (χ1) is 8.59. The molecule has 6 heteroatoms. The van der Waals surface area contributed by atoms with Crippen LogP contribution in [0.4, 0.5) is 10.2 Å². The van der Waals surface area contributed by atoms with Crippen molar-refractivity contribution in [1.29, 1.82) is 0 Å². The second kappa shape index (κ2) is 5.30. The topological polar surface area (TPSA) is 68.5 Å². The maximum atomic E-state index is 13.7. The Labute approximate surface area is 105 Å². The second-order valence-electron chi connectivity index (χ2n) is 4.34. The van der Waals surface area contributed by atoms with Crippen LogP contribution in [-0.4, -0.2) is 41.6 Å². The quantitative estimate of drug-likeness (QED) is 0.812. The molecule has 98 valence electrons. The molecule has 1 aliphatic heterocycles. The third-order valence-corrected chi connectivity index (χ3v) is 2.89. The van der Waals surface area contributed by atoms with Gasteiger partial charge in [-0.2, -0.15) is 0 Å². The molecule has 0 aliphatic carbocycles. The van der Waals surface area contributed by atoms with E-state index in [2.05, 4.69) is 4.98 Å². The predicted octanol–water partition coefficient (Wildman–Crippen LogP) is 1.05. The number of nitrogen functional groups attached to an aromatic ring is 1. The number of ether oxygens (including phenoxy) is 1. The Hall–Kier alpha value is -1.69. The van der Waals surface area contributed by atoms with Crippen LogP contribution in [0, 0.1) is 5.82 Å². The highest BCUT2D eigenvalue weighted by molar-refractivity contribution is 5.95. The van der Waals surface area contributed by atoms with Gasteiger partial charge in [0.1, 0.15) is 0 Å². The zero-order chi connectivity index (χ0) is 13.1. The number of halogens is 1. The SMILES string of the molecule is CC1CN(C(=O)c2ccnc(N)c2F)CCCO1. The van der Waals surface area contributed by atoms with Crippen molar-refractivity contribution >= 4 is 11.7 Å². The van der Waals surface area contributed by atoms with E-state index >= 15 is 0 Å². The summed E-state index contributed by atoms with van der Waals surface area (Å²) in [6.45, 7) is 3.53. The van der Waals surface area contributed by atoms with Crippen LogP contribution in [0.3, 0.4) is 0 Å². The van der Waals surface area contributed by atoms with E-state index in [1.54, 1.807) is 4.90 Å². The summed E-state index contributed by atoms with van der Waals surface area (Å²) in [5.74, 6) is -1.36. The van der Waals surface area contributed by atoms with Crippen LogP contribution in [0.25, 0.3) is 0 Å². The normalized spacial score (nSPS) is 20.6. The van der Waals surface area contributed by atoms with Gasteiger partial charge in [-0.05, 0) is 19.4 Å². The molecule has 18 heavy (non-hydrogen) atoms. The summed E-state index contributed by atoms with van der Waals surface area (Å²) in [6, 6.07) is 1.35. The Bertz CT molecular complexity index is 453. The van der Waals surface area contributed by atoms with Crippen molar-refractivity contribution in [3.8, 4) is 0 Å². The Morgan fingerprint density at radius 1 is 1.67 bits per heavy atom. The minimum atomic E-state index is -0.750. The first kappa shape index (κ1) is 12.8. The molecule has 0 bridgehead atoms. The van der Waals surface area contributed by atoms with Crippen molar-refractivity contribution in [3.05, 3.63) is 23.6 Å². The van der Waals surface area contributed by atoms with E-state index in [-0.39, 0.29) is 23.4 Å². The summed E-state index contributed by atoms with van der Waals surface area (Å²) in [5.41, 5.74) is 5.33. The minimum absolute atomic E-state index is 0.0309. The van der Waals surface area contributed by atoms with Gasteiger partial charge in [0.05, 0.1) is 11.7 Å². The standard InChI is InChI=1S/C12H16FN3O2/c1-8-7-16(5-2-6-18-8)12(17)9-3-4-15-11(14)10(9)13/h3-4,8H,2,5-7H2,1H3,(H2,14,15). The van der Waals surface area contributed by atoms with E-state index in [1.165, 1.54) is 12.3 Å². The fourth-order valence-corrected chi connectivity index (χ4v) is 1.97. The predicted molar refractivity (Wildman–Crippen MR) is 64.5 cm³/mol. The molecule has 1 atom stereocenters. The van der Waals surface area contributed by atoms with Gasteiger partial charge in [-0.15, -0.1) is 0 Å². The molecule has 1 fully saturated rings. The van der Waals surface area contributed by atoms with E-state index < -0.39 is 5.82 Å². The molecule has 1 saturated heterocycles. The number of hydrogen-bond donors (Lipinski definition) is 1. The molecule has 0 radical (unpaired) electrons. The molecule has 5 nitrogen and oxygen atoms in total. The summed E-state index contributed by atoms with van der Waals surface area (Å²) in [6.07, 6.45) is 2.04. The summed E-state index contributed by atoms with van der Waals surface area (Å²) in [5, 5.41) is 0. The van der Waals surface area contributed by atoms with Gasteiger partial charge in [-0.3, -0.25) is 4.79 Å². The highest BCUT2D eigenvalue weighted by atomic mass is 19.1. The van der Waals surface area contributed by atoms with Gasteiger partial charge in [0.2, 0.25) is 0 Å². The number of amides is 1. The molecule has 1 aromatic rings. The fraction of sp³-hybridized carbons (Fsp3) is 0.500. The third-order valence-electron chi connectivity index (χ3n) is 2.89. The summed E-state index contributed by atoms with van der Waals surface area (Å²) >= 11 is 0. The molecule has 0 aromatic carbocycles. The van der Waals surface area contributed by atoms with Crippen molar-refractivity contribution in [2.24, 2.45) is 0 Å². The van der Waals surface area contributed by atoms with Gasteiger partial charge >= 0.3 is 0 Å². The number of carbonyl (C=O) groups excluding carboxylic acids is 1. The van der Waals surface area contributed by atoms with Crippen LogP contribution in [0.5, 0.6) is 0 Å². The molecule has 1 aliphatic rings. The Kier molecular flexibility index (Phi) is 3.76. The van der Waals surface area contributed by atoms with Crippen molar-refractivity contribution < 1.29 is 13.9 Å². The molecular formula is C12H16FN3O2. The Balaban J connectivity index is 2.22. The minimum Gasteiger partial charge on any atom is -0.381 e. The van der Waals surface area contributed by atoms with E-state index in [0.717, 1.165) is 6.42 Å². The molecule has 0 spiro atoms. The van der Waals surface area contributed by atoms with Crippen LogP contribution < -0.4 is 5.73 Å². The lowest BCUT2D eigenvalue weighted by Gasteiger charge is -2.22. The van der Waals surface area contributed by atoms with Crippen molar-refractivity contribution in [2.75, 3.05) is 25.4 Å². The lowest BCUT2D eigenvalue weighted by atomic mass is 10.2. The smallest absolute Gasteiger partial charge is 0.257 e. The number of anilines is 1. The van der Waals surface area contributed by atoms with Crippen LogP contribution in [0.1, 0.15) is 23.7 Å². The van der Waals surface area contributed by atoms with Gasteiger partial charge in [0.25, 0.3) is 5.91 Å². The monoisotopic (exact) mass is 253 g/mol. The first-order valence-electron chi connectivity index (χ1n) is 5.90. The summed E-state index contributed by atoms with van der Waals surface area (Å²) < 4.78 is 19.2. The molecule has 1 aromatic heterocycles. The van der Waals surface area contributed by atoms with Crippen LogP contribution in [0.2, 0.25) is 0 Å². The van der Waals surface area contributed by atoms with Gasteiger partial charge in [-0.1, -0.05) is 0 Å². The average molecular weight is 253 g/mol. The number of hydrogen-bond acceptors (Lipinski definition) is 4. The maximum Gasteiger partial charge on any atom is 0.257 e. The number of pyridine rings is 1. The van der Waals surface area contributed by atoms with E-state index in [1.807, 2.05) is 6.92 Å². The molecule has 1 unspecified atom stereocenters. The van der Waals surface area contributed by atoms with Crippen molar-refractivity contribution in [2.45, 2.75) is 19.4 Å². The number of rotatable bonds is 1. The third kappa shape index (κ3) is 2.59. The Morgan fingerprint density at radius 2 is 2.44 bits per heavy atom. The van der Waals surface area contributed by atoms with Crippen LogP contribution >= 0.6 is 0 Å². The van der Waals surface area contributed by atoms with Crippen molar-refractivity contribution in [1.82, 2.24) is 9.88 Å². The highest BCUT2D eigenvalue weighted by Gasteiger charge is 2.24. The van der Waals surface area contributed by atoms with Gasteiger partial charge in [-0.25, -0.2) is 9.37 Å². The van der Waals surface area contributed by atoms with E-state index in [4.69, 9.17) is 10.5 Å². The largest absolute Gasteiger partial charge is 0.381 e. The molecule has 2 rings (SSSR count). The molecule has 2 heterocycles. The second-order valence-corrected chi connectivity index (χ2v) is 4.34. The molecule has 2 N–H and O–H groups in total. The maximum absolute atomic E-state index is 13.7. The van der Waals surface area contributed by atoms with Gasteiger partial charge < -0.3 is 15.4 Å². The van der Waals surface area contributed by atoms with E-state index in [0.29, 0.717) is 19.7 Å². The average Bonchev–Trinajstić information content (AvgIpc) is 2.56. The zero-order valence-electron chi connectivity index (χ0n) is 10.2. The Morgan fingerprint density at radius 3 is 3.22 bits per heavy atom. The van der Waals surface area contributed by atoms with Gasteiger partial charge in [0, 0.05) is 25.9 Å². The highest BCUT2D eigenvalue weighted by Crippen LogP contribution is 2.16. The molecule has 1 amide bonds. The lowest BCUT2D eigenvalue weighted by molar-refractivity contribution is 0.0560. The summed E-state index contributed by atoms with van der Waals surface area (Å²) in [4.78, 5) is 17.4. The number of nitrogens with zero attached hydrogens (tertiary/aromatic N) is 2. The van der Waals surface area contributed by atoms with Crippen LogP contribution in [0.15, 0.2) is 12.3 Å². The van der Waals surface area contributed by atoms with Crippen LogP contribution in [-0.2, 0) is 4.74 Å². The van der Waals surface area contributed by atoms with Gasteiger partial charge in [0.15, 0.2) is 11.6 Å². The number of aromatic nitrogens is 1. The lowest BCUT2D eigenvalue weighted by Crippen LogP contribution is -2.36. The molecular weight excluding hydrogens is 237 g/mol. The summed E-state index contributed by atoms with van der Waals surface area (Å²) in [7, 11) is 0. The molecule has 0 saturated carbocycles. The van der Waals surface area contributed by atoms with E-state index in [9.17, 15) is 9.18 Å². The van der Waals surface area contributed by atoms with Crippen molar-refractivity contribution in [3.63, 3.8) is 0 Å². The zero-order valence-corrected chi connectivity index (χ0v) is 10.2. The number of nitrogens with two attached hydrogens (primary N) is 1. The number of carbonyl (C=O) groups is 1. The fourth-order valence-electron chi connectivity index (χ4n) is 1.97.